The molecule has 1 heterocycles. The molecule has 2 N–H and O–H groups in total. The second-order valence-electron chi connectivity index (χ2n) is 5.95. The van der Waals surface area contributed by atoms with Gasteiger partial charge in [0.05, 0.1) is 30.6 Å². The van der Waals surface area contributed by atoms with Crippen LogP contribution in [0.1, 0.15) is 16.8 Å². The summed E-state index contributed by atoms with van der Waals surface area (Å²) in [4.78, 5) is 19.8. The number of benzene rings is 2. The van der Waals surface area contributed by atoms with Crippen LogP contribution in [0.5, 0.6) is 11.5 Å². The van der Waals surface area contributed by atoms with E-state index in [1.807, 2.05) is 37.3 Å². The number of nitrogens with one attached hydrogen (secondary N) is 2. The lowest BCUT2D eigenvalue weighted by Crippen LogP contribution is -2.18. The molecular formula is C20H20ClN3O3. The first-order chi connectivity index (χ1) is 13.0. The Hall–Kier alpha value is -2.99. The first-order valence-corrected chi connectivity index (χ1v) is 8.72. The fourth-order valence-corrected chi connectivity index (χ4v) is 2.99. The molecular weight excluding hydrogens is 366 g/mol. The second kappa shape index (κ2) is 8.14. The fourth-order valence-electron chi connectivity index (χ4n) is 2.76. The number of aromatic amines is 1. The molecule has 0 amide bonds. The van der Waals surface area contributed by atoms with Crippen molar-refractivity contribution in [3.05, 3.63) is 74.7 Å². The van der Waals surface area contributed by atoms with Gasteiger partial charge in [0.2, 0.25) is 5.95 Å². The van der Waals surface area contributed by atoms with Gasteiger partial charge >= 0.3 is 0 Å². The minimum atomic E-state index is -0.186. The Labute approximate surface area is 162 Å². The van der Waals surface area contributed by atoms with Crippen LogP contribution < -0.4 is 20.3 Å². The Morgan fingerprint density at radius 1 is 1.11 bits per heavy atom. The smallest absolute Gasteiger partial charge is 0.256 e. The highest BCUT2D eigenvalue weighted by Gasteiger charge is 2.13. The molecule has 7 heteroatoms. The van der Waals surface area contributed by atoms with E-state index in [9.17, 15) is 4.79 Å². The summed E-state index contributed by atoms with van der Waals surface area (Å²) in [6, 6.07) is 13.1. The highest BCUT2D eigenvalue weighted by Crippen LogP contribution is 2.36. The van der Waals surface area contributed by atoms with Gasteiger partial charge in [-0.25, -0.2) is 4.98 Å². The zero-order valence-corrected chi connectivity index (χ0v) is 16.1. The monoisotopic (exact) mass is 385 g/mol. The maximum atomic E-state index is 12.6. The number of aromatic nitrogens is 2. The standard InChI is InChI=1S/C20H20ClN3O3/c1-12-14(9-13-7-5-4-6-8-13)19(25)24-20(22-12)23-16-11-17(26-2)15(21)10-18(16)27-3/h4-8,10-11H,9H2,1-3H3,(H2,22,23,24,25). The summed E-state index contributed by atoms with van der Waals surface area (Å²) in [7, 11) is 3.06. The number of rotatable bonds is 6. The Kier molecular flexibility index (Phi) is 5.66. The number of anilines is 2. The molecule has 0 aliphatic heterocycles. The van der Waals surface area contributed by atoms with E-state index in [-0.39, 0.29) is 5.56 Å². The van der Waals surface area contributed by atoms with Crippen LogP contribution in [0.4, 0.5) is 11.6 Å². The van der Waals surface area contributed by atoms with Crippen molar-refractivity contribution in [3.63, 3.8) is 0 Å². The third kappa shape index (κ3) is 4.23. The second-order valence-corrected chi connectivity index (χ2v) is 6.36. The number of ether oxygens (including phenoxy) is 2. The normalized spacial score (nSPS) is 10.5. The van der Waals surface area contributed by atoms with Gasteiger partial charge < -0.3 is 14.8 Å². The number of H-pyrrole nitrogens is 1. The van der Waals surface area contributed by atoms with Gasteiger partial charge in [-0.1, -0.05) is 41.9 Å². The van der Waals surface area contributed by atoms with Gasteiger partial charge in [0.25, 0.3) is 5.56 Å². The van der Waals surface area contributed by atoms with Crippen LogP contribution >= 0.6 is 11.6 Å². The summed E-state index contributed by atoms with van der Waals surface area (Å²) >= 11 is 6.13. The minimum Gasteiger partial charge on any atom is -0.495 e. The van der Waals surface area contributed by atoms with Crippen LogP contribution in [-0.4, -0.2) is 24.2 Å². The van der Waals surface area contributed by atoms with E-state index in [4.69, 9.17) is 21.1 Å². The topological polar surface area (TPSA) is 76.2 Å². The summed E-state index contributed by atoms with van der Waals surface area (Å²) in [6.07, 6.45) is 0.521. The molecule has 1 aromatic heterocycles. The molecule has 0 bridgehead atoms. The lowest BCUT2D eigenvalue weighted by molar-refractivity contribution is 0.405. The molecule has 0 aliphatic carbocycles. The largest absolute Gasteiger partial charge is 0.495 e. The molecule has 0 saturated heterocycles. The summed E-state index contributed by atoms with van der Waals surface area (Å²) in [6.45, 7) is 1.82. The molecule has 3 aromatic rings. The molecule has 0 fully saturated rings. The predicted octanol–water partition coefficient (Wildman–Crippen LogP) is 4.08. The van der Waals surface area contributed by atoms with Crippen molar-refractivity contribution in [1.29, 1.82) is 0 Å². The van der Waals surface area contributed by atoms with E-state index in [1.165, 1.54) is 14.2 Å². The minimum absolute atomic E-state index is 0.186. The highest BCUT2D eigenvalue weighted by atomic mass is 35.5. The van der Waals surface area contributed by atoms with Crippen molar-refractivity contribution in [3.8, 4) is 11.5 Å². The average Bonchev–Trinajstić information content (AvgIpc) is 2.66. The molecule has 0 atom stereocenters. The SMILES string of the molecule is COc1cc(Nc2nc(C)c(Cc3ccccc3)c(=O)[nH]2)c(OC)cc1Cl. The number of hydrogen-bond donors (Lipinski definition) is 2. The van der Waals surface area contributed by atoms with Gasteiger partial charge in [-0.3, -0.25) is 9.78 Å². The van der Waals surface area contributed by atoms with Crippen LogP contribution in [0.3, 0.4) is 0 Å². The van der Waals surface area contributed by atoms with Crippen LogP contribution in [0.15, 0.2) is 47.3 Å². The number of nitrogens with zero attached hydrogens (tertiary/aromatic N) is 1. The zero-order chi connectivity index (χ0) is 19.4. The van der Waals surface area contributed by atoms with E-state index in [2.05, 4.69) is 15.3 Å². The number of halogens is 1. The van der Waals surface area contributed by atoms with Crippen molar-refractivity contribution in [2.45, 2.75) is 13.3 Å². The molecule has 0 spiro atoms. The predicted molar refractivity (Wildman–Crippen MR) is 107 cm³/mol. The van der Waals surface area contributed by atoms with Crippen LogP contribution in [0.25, 0.3) is 0 Å². The molecule has 27 heavy (non-hydrogen) atoms. The quantitative estimate of drug-likeness (QED) is 0.668. The van der Waals surface area contributed by atoms with E-state index < -0.39 is 0 Å². The van der Waals surface area contributed by atoms with Crippen LogP contribution in [0, 0.1) is 6.92 Å². The number of aryl methyl sites for hydroxylation is 1. The van der Waals surface area contributed by atoms with Gasteiger partial charge in [0, 0.05) is 24.1 Å². The average molecular weight is 386 g/mol. The van der Waals surface area contributed by atoms with Gasteiger partial charge in [0.15, 0.2) is 0 Å². The molecule has 0 radical (unpaired) electrons. The first kappa shape index (κ1) is 18.8. The zero-order valence-electron chi connectivity index (χ0n) is 15.3. The third-order valence-electron chi connectivity index (χ3n) is 4.17. The summed E-state index contributed by atoms with van der Waals surface area (Å²) in [5.41, 5.74) is 2.74. The molecule has 140 valence electrons. The van der Waals surface area contributed by atoms with E-state index >= 15 is 0 Å². The Balaban J connectivity index is 1.92. The molecule has 0 unspecified atom stereocenters. The van der Waals surface area contributed by atoms with E-state index in [0.717, 1.165) is 5.56 Å². The van der Waals surface area contributed by atoms with Crippen molar-refractivity contribution in [2.75, 3.05) is 19.5 Å². The van der Waals surface area contributed by atoms with E-state index in [1.54, 1.807) is 12.1 Å². The summed E-state index contributed by atoms with van der Waals surface area (Å²) < 4.78 is 10.6. The lowest BCUT2D eigenvalue weighted by atomic mass is 10.1. The van der Waals surface area contributed by atoms with E-state index in [0.29, 0.717) is 45.8 Å². The molecule has 6 nitrogen and oxygen atoms in total. The van der Waals surface area contributed by atoms with Gasteiger partial charge in [-0.15, -0.1) is 0 Å². The van der Waals surface area contributed by atoms with Gasteiger partial charge in [-0.05, 0) is 12.5 Å². The Morgan fingerprint density at radius 2 is 1.81 bits per heavy atom. The van der Waals surface area contributed by atoms with Gasteiger partial charge in [-0.2, -0.15) is 0 Å². The molecule has 0 aliphatic rings. The summed E-state index contributed by atoms with van der Waals surface area (Å²) in [5.74, 6) is 1.31. The Morgan fingerprint density at radius 3 is 2.44 bits per heavy atom. The van der Waals surface area contributed by atoms with Crippen molar-refractivity contribution in [2.24, 2.45) is 0 Å². The maximum Gasteiger partial charge on any atom is 0.256 e. The molecule has 0 saturated carbocycles. The number of hydrogen-bond acceptors (Lipinski definition) is 5. The molecule has 2 aromatic carbocycles. The summed E-state index contributed by atoms with van der Waals surface area (Å²) in [5, 5.41) is 3.49. The van der Waals surface area contributed by atoms with Crippen LogP contribution in [-0.2, 0) is 6.42 Å². The van der Waals surface area contributed by atoms with Gasteiger partial charge in [0.1, 0.15) is 11.5 Å². The maximum absolute atomic E-state index is 12.6. The van der Waals surface area contributed by atoms with Crippen molar-refractivity contribution >= 4 is 23.2 Å². The fraction of sp³-hybridized carbons (Fsp3) is 0.200. The van der Waals surface area contributed by atoms with Crippen LogP contribution in [0.2, 0.25) is 5.02 Å². The number of methoxy groups -OCH3 is 2. The van der Waals surface area contributed by atoms with Crippen molar-refractivity contribution < 1.29 is 9.47 Å². The van der Waals surface area contributed by atoms with Crippen molar-refractivity contribution in [1.82, 2.24) is 9.97 Å². The lowest BCUT2D eigenvalue weighted by Gasteiger charge is -2.14. The highest BCUT2D eigenvalue weighted by molar-refractivity contribution is 6.32. The first-order valence-electron chi connectivity index (χ1n) is 8.34. The molecule has 3 rings (SSSR count). The third-order valence-corrected chi connectivity index (χ3v) is 4.47. The Bertz CT molecular complexity index is 1000.